The molecule has 1 heterocycles. The van der Waals surface area contributed by atoms with Gasteiger partial charge in [-0.15, -0.1) is 0 Å². The molecular weight excluding hydrogens is 250 g/mol. The molecule has 0 aliphatic heterocycles. The van der Waals surface area contributed by atoms with Gasteiger partial charge in [0.05, 0.1) is 0 Å². The summed E-state index contributed by atoms with van der Waals surface area (Å²) in [4.78, 5) is 12.0. The molecule has 1 aromatic rings. The minimum Gasteiger partial charge on any atom is -0.409 e. The fourth-order valence-corrected chi connectivity index (χ4v) is 2.14. The monoisotopic (exact) mass is 269 g/mol. The normalized spacial score (nSPS) is 14.3. The molecule has 0 bridgehead atoms. The van der Waals surface area contributed by atoms with Crippen molar-refractivity contribution in [3.05, 3.63) is 22.4 Å². The van der Waals surface area contributed by atoms with Crippen LogP contribution in [0.4, 0.5) is 0 Å². The Labute approximate surface area is 111 Å². The van der Waals surface area contributed by atoms with E-state index in [9.17, 15) is 4.79 Å². The van der Waals surface area contributed by atoms with E-state index in [1.165, 1.54) is 5.56 Å². The smallest absolute Gasteiger partial charge is 0.233 e. The maximum atomic E-state index is 12.0. The van der Waals surface area contributed by atoms with Crippen LogP contribution in [0.25, 0.3) is 0 Å². The number of hydrogen-bond donors (Lipinski definition) is 3. The number of nitrogens with zero attached hydrogens (tertiary/aromatic N) is 1. The molecule has 0 aliphatic rings. The number of carbonyl (C=O) groups excluding carboxylic acids is 1. The zero-order valence-corrected chi connectivity index (χ0v) is 11.6. The number of nitrogens with one attached hydrogen (secondary N) is 1. The lowest BCUT2D eigenvalue weighted by Crippen LogP contribution is -2.48. The number of hydrogen-bond acceptors (Lipinski definition) is 4. The van der Waals surface area contributed by atoms with Gasteiger partial charge in [-0.3, -0.25) is 4.79 Å². The molecule has 6 heteroatoms. The van der Waals surface area contributed by atoms with E-state index in [2.05, 4.69) is 15.9 Å². The molecule has 1 aromatic heterocycles. The van der Waals surface area contributed by atoms with Gasteiger partial charge in [0.1, 0.15) is 5.41 Å². The minimum atomic E-state index is -1.02. The quantitative estimate of drug-likeness (QED) is 0.328. The lowest BCUT2D eigenvalue weighted by molar-refractivity contribution is -0.127. The SMILES string of the molecule is CC(Cc1ccsc1)NC(=O)C(C)(C)C(N)=NO. The number of thiophene rings is 1. The van der Waals surface area contributed by atoms with Gasteiger partial charge in [-0.25, -0.2) is 0 Å². The van der Waals surface area contributed by atoms with Crippen molar-refractivity contribution in [1.82, 2.24) is 5.32 Å². The fraction of sp³-hybridized carbons (Fsp3) is 0.500. The van der Waals surface area contributed by atoms with E-state index >= 15 is 0 Å². The van der Waals surface area contributed by atoms with E-state index in [0.29, 0.717) is 0 Å². The Hall–Kier alpha value is -1.56. The zero-order chi connectivity index (χ0) is 13.8. The predicted molar refractivity (Wildman–Crippen MR) is 72.8 cm³/mol. The summed E-state index contributed by atoms with van der Waals surface area (Å²) in [5.41, 5.74) is 5.68. The maximum Gasteiger partial charge on any atom is 0.233 e. The average Bonchev–Trinajstić information content (AvgIpc) is 2.80. The van der Waals surface area contributed by atoms with Crippen LogP contribution in [0, 0.1) is 5.41 Å². The number of oxime groups is 1. The second kappa shape index (κ2) is 5.86. The first-order valence-corrected chi connectivity index (χ1v) is 6.62. The lowest BCUT2D eigenvalue weighted by Gasteiger charge is -2.24. The molecule has 0 spiro atoms. The van der Waals surface area contributed by atoms with Crippen LogP contribution >= 0.6 is 11.3 Å². The summed E-state index contributed by atoms with van der Waals surface area (Å²) in [6.07, 6.45) is 0.765. The third-order valence-electron chi connectivity index (χ3n) is 2.82. The fourth-order valence-electron chi connectivity index (χ4n) is 1.46. The van der Waals surface area contributed by atoms with Crippen LogP contribution in [0.15, 0.2) is 22.0 Å². The Morgan fingerprint density at radius 2 is 2.33 bits per heavy atom. The molecule has 0 aliphatic carbocycles. The number of rotatable bonds is 5. The highest BCUT2D eigenvalue weighted by atomic mass is 32.1. The van der Waals surface area contributed by atoms with E-state index in [-0.39, 0.29) is 17.8 Å². The van der Waals surface area contributed by atoms with Crippen LogP contribution in [-0.4, -0.2) is 23.0 Å². The van der Waals surface area contributed by atoms with Crippen molar-refractivity contribution in [3.8, 4) is 0 Å². The van der Waals surface area contributed by atoms with E-state index in [1.807, 2.05) is 18.4 Å². The molecule has 0 aromatic carbocycles. The molecule has 1 unspecified atom stereocenters. The molecule has 100 valence electrons. The Balaban J connectivity index is 2.59. The molecule has 0 saturated carbocycles. The van der Waals surface area contributed by atoms with Crippen molar-refractivity contribution < 1.29 is 10.0 Å². The van der Waals surface area contributed by atoms with E-state index in [0.717, 1.165) is 6.42 Å². The van der Waals surface area contributed by atoms with Gasteiger partial charge in [-0.1, -0.05) is 5.16 Å². The number of nitrogens with two attached hydrogens (primary N) is 1. The van der Waals surface area contributed by atoms with Crippen LogP contribution in [0.5, 0.6) is 0 Å². The van der Waals surface area contributed by atoms with Crippen molar-refractivity contribution in [3.63, 3.8) is 0 Å². The van der Waals surface area contributed by atoms with Crippen molar-refractivity contribution >= 4 is 23.1 Å². The summed E-state index contributed by atoms with van der Waals surface area (Å²) < 4.78 is 0. The second-order valence-corrected chi connectivity index (χ2v) is 5.60. The van der Waals surface area contributed by atoms with Crippen molar-refractivity contribution in [2.24, 2.45) is 16.3 Å². The number of carbonyl (C=O) groups is 1. The molecule has 1 rings (SSSR count). The highest BCUT2D eigenvalue weighted by molar-refractivity contribution is 7.07. The van der Waals surface area contributed by atoms with Gasteiger partial charge in [-0.05, 0) is 49.6 Å². The summed E-state index contributed by atoms with van der Waals surface area (Å²) in [7, 11) is 0. The summed E-state index contributed by atoms with van der Waals surface area (Å²) in [6.45, 7) is 5.17. The van der Waals surface area contributed by atoms with Gasteiger partial charge in [-0.2, -0.15) is 11.3 Å². The maximum absolute atomic E-state index is 12.0. The van der Waals surface area contributed by atoms with Gasteiger partial charge in [0.25, 0.3) is 0 Å². The van der Waals surface area contributed by atoms with Crippen LogP contribution in [0.1, 0.15) is 26.3 Å². The van der Waals surface area contributed by atoms with Crippen molar-refractivity contribution in [2.45, 2.75) is 33.2 Å². The van der Waals surface area contributed by atoms with E-state index < -0.39 is 5.41 Å². The standard InChI is InChI=1S/C12H19N3O2S/c1-8(6-9-4-5-18-7-9)14-11(16)12(2,3)10(13)15-17/h4-5,7-8,17H,6H2,1-3H3,(H2,13,15)(H,14,16). The van der Waals surface area contributed by atoms with Gasteiger partial charge >= 0.3 is 0 Å². The first kappa shape index (κ1) is 14.5. The van der Waals surface area contributed by atoms with Crippen molar-refractivity contribution in [1.29, 1.82) is 0 Å². The van der Waals surface area contributed by atoms with Crippen LogP contribution in [0.3, 0.4) is 0 Å². The van der Waals surface area contributed by atoms with Gasteiger partial charge in [0.2, 0.25) is 5.91 Å². The van der Waals surface area contributed by atoms with Crippen LogP contribution in [0.2, 0.25) is 0 Å². The molecule has 18 heavy (non-hydrogen) atoms. The molecule has 0 radical (unpaired) electrons. The molecule has 5 nitrogen and oxygen atoms in total. The second-order valence-electron chi connectivity index (χ2n) is 4.82. The summed E-state index contributed by atoms with van der Waals surface area (Å²) >= 11 is 1.63. The first-order valence-electron chi connectivity index (χ1n) is 5.68. The molecular formula is C12H19N3O2S. The molecule has 0 fully saturated rings. The molecule has 1 amide bonds. The third-order valence-corrected chi connectivity index (χ3v) is 3.55. The highest BCUT2D eigenvalue weighted by Crippen LogP contribution is 2.16. The van der Waals surface area contributed by atoms with Gasteiger partial charge in [0, 0.05) is 6.04 Å². The Morgan fingerprint density at radius 1 is 1.67 bits per heavy atom. The van der Waals surface area contributed by atoms with E-state index in [4.69, 9.17) is 10.9 Å². The van der Waals surface area contributed by atoms with Gasteiger partial charge in [0.15, 0.2) is 5.84 Å². The average molecular weight is 269 g/mol. The number of amidine groups is 1. The highest BCUT2D eigenvalue weighted by Gasteiger charge is 2.33. The summed E-state index contributed by atoms with van der Waals surface area (Å²) in [6, 6.07) is 2.03. The van der Waals surface area contributed by atoms with Crippen LogP contribution < -0.4 is 11.1 Å². The Bertz CT molecular complexity index is 427. The molecule has 1 atom stereocenters. The zero-order valence-electron chi connectivity index (χ0n) is 10.8. The Kier molecular flexibility index (Phi) is 4.72. The lowest BCUT2D eigenvalue weighted by atomic mass is 9.90. The molecule has 0 saturated heterocycles. The largest absolute Gasteiger partial charge is 0.409 e. The van der Waals surface area contributed by atoms with E-state index in [1.54, 1.807) is 25.2 Å². The topological polar surface area (TPSA) is 87.7 Å². The Morgan fingerprint density at radius 3 is 2.83 bits per heavy atom. The van der Waals surface area contributed by atoms with Gasteiger partial charge < -0.3 is 16.3 Å². The third kappa shape index (κ3) is 3.46. The minimum absolute atomic E-state index is 0.00197. The summed E-state index contributed by atoms with van der Waals surface area (Å²) in [5.74, 6) is -0.344. The van der Waals surface area contributed by atoms with Crippen molar-refractivity contribution in [2.75, 3.05) is 0 Å². The first-order chi connectivity index (χ1) is 8.37. The summed E-state index contributed by atoms with van der Waals surface area (Å²) in [5, 5.41) is 18.5. The molecule has 4 N–H and O–H groups in total. The predicted octanol–water partition coefficient (Wildman–Crippen LogP) is 1.57. The van der Waals surface area contributed by atoms with Crippen LogP contribution in [-0.2, 0) is 11.2 Å². The number of amides is 1.